The zero-order valence-electron chi connectivity index (χ0n) is 15.9. The molecule has 2 rings (SSSR count). The minimum absolute atomic E-state index is 0.0322. The number of ether oxygens (including phenoxy) is 2. The highest BCUT2D eigenvalue weighted by molar-refractivity contribution is 5.99. The van der Waals surface area contributed by atoms with E-state index in [0.717, 1.165) is 12.1 Å². The molecule has 0 unspecified atom stereocenters. The van der Waals surface area contributed by atoms with Crippen molar-refractivity contribution in [2.24, 2.45) is 4.99 Å². The third-order valence-corrected chi connectivity index (χ3v) is 4.15. The normalized spacial score (nSPS) is 12.0. The molecule has 0 spiro atoms. The van der Waals surface area contributed by atoms with E-state index in [9.17, 15) is 14.9 Å². The molecular weight excluding hydrogens is 352 g/mol. The van der Waals surface area contributed by atoms with Gasteiger partial charge in [0.1, 0.15) is 0 Å². The van der Waals surface area contributed by atoms with E-state index in [1.165, 1.54) is 43.2 Å². The Morgan fingerprint density at radius 3 is 2.44 bits per heavy atom. The number of nitrogens with one attached hydrogen (secondary N) is 1. The van der Waals surface area contributed by atoms with E-state index in [1.54, 1.807) is 6.92 Å². The number of aryl methyl sites for hydroxylation is 1. The number of H-pyrrole nitrogens is 1. The van der Waals surface area contributed by atoms with Crippen LogP contribution in [0.2, 0.25) is 0 Å². The summed E-state index contributed by atoms with van der Waals surface area (Å²) in [6, 6.07) is 5.80. The molecule has 0 aliphatic heterocycles. The van der Waals surface area contributed by atoms with Gasteiger partial charge in [-0.2, -0.15) is 0 Å². The molecular formula is C18H24N4O5. The van der Waals surface area contributed by atoms with Crippen molar-refractivity contribution in [2.45, 2.75) is 33.0 Å². The largest absolute Gasteiger partial charge is 0.354 e. The Morgan fingerprint density at radius 2 is 1.93 bits per heavy atom. The molecule has 1 aromatic heterocycles. The van der Waals surface area contributed by atoms with Crippen LogP contribution in [0.3, 0.4) is 0 Å². The predicted octanol–water partition coefficient (Wildman–Crippen LogP) is 2.45. The molecule has 9 nitrogen and oxygen atoms in total. The molecule has 0 aliphatic carbocycles. The van der Waals surface area contributed by atoms with Gasteiger partial charge in [-0.15, -0.1) is 0 Å². The molecule has 0 atom stereocenters. The molecule has 146 valence electrons. The fourth-order valence-electron chi connectivity index (χ4n) is 2.73. The maximum Gasteiger partial charge on any atom is 0.280 e. The van der Waals surface area contributed by atoms with E-state index in [-0.39, 0.29) is 17.8 Å². The number of hydrogen-bond donors (Lipinski definition) is 1. The van der Waals surface area contributed by atoms with Crippen molar-refractivity contribution in [3.05, 3.63) is 56.0 Å². The summed E-state index contributed by atoms with van der Waals surface area (Å²) in [6.07, 6.45) is 1.04. The Bertz CT molecular complexity index is 863. The molecule has 2 aromatic rings. The Morgan fingerprint density at radius 1 is 1.30 bits per heavy atom. The van der Waals surface area contributed by atoms with E-state index in [2.05, 4.69) is 10.1 Å². The second kappa shape index (κ2) is 9.24. The minimum atomic E-state index is -0.481. The van der Waals surface area contributed by atoms with Crippen LogP contribution in [0.5, 0.6) is 0 Å². The predicted molar refractivity (Wildman–Crippen MR) is 102 cm³/mol. The summed E-state index contributed by atoms with van der Waals surface area (Å²) >= 11 is 0. The van der Waals surface area contributed by atoms with Gasteiger partial charge in [-0.25, -0.2) is 4.68 Å². The summed E-state index contributed by atoms with van der Waals surface area (Å²) in [7, 11) is 3.05. The molecule has 0 fully saturated rings. The van der Waals surface area contributed by atoms with E-state index >= 15 is 0 Å². The lowest BCUT2D eigenvalue weighted by atomic mass is 10.1. The average Bonchev–Trinajstić information content (AvgIpc) is 2.99. The van der Waals surface area contributed by atoms with Crippen LogP contribution in [-0.4, -0.2) is 47.5 Å². The van der Waals surface area contributed by atoms with Gasteiger partial charge in [0, 0.05) is 37.8 Å². The van der Waals surface area contributed by atoms with Crippen LogP contribution in [0, 0.1) is 10.1 Å². The molecule has 0 saturated carbocycles. The summed E-state index contributed by atoms with van der Waals surface area (Å²) in [6.45, 7) is 4.06. The second-order valence-electron chi connectivity index (χ2n) is 5.96. The first-order chi connectivity index (χ1) is 12.9. The first-order valence-corrected chi connectivity index (χ1v) is 8.58. The minimum Gasteiger partial charge on any atom is -0.354 e. The molecule has 9 heteroatoms. The molecule has 1 aromatic carbocycles. The van der Waals surface area contributed by atoms with E-state index < -0.39 is 11.2 Å². The van der Waals surface area contributed by atoms with Gasteiger partial charge in [-0.05, 0) is 25.5 Å². The summed E-state index contributed by atoms with van der Waals surface area (Å²) in [4.78, 5) is 27.7. The van der Waals surface area contributed by atoms with Crippen molar-refractivity contribution < 1.29 is 14.4 Å². The Kier molecular flexibility index (Phi) is 7.03. The highest BCUT2D eigenvalue weighted by Crippen LogP contribution is 2.15. The zero-order valence-corrected chi connectivity index (χ0v) is 15.9. The van der Waals surface area contributed by atoms with Crippen molar-refractivity contribution in [1.29, 1.82) is 0 Å². The molecule has 0 radical (unpaired) electrons. The number of aromatic nitrogens is 2. The van der Waals surface area contributed by atoms with Crippen molar-refractivity contribution in [3.63, 3.8) is 0 Å². The number of nitro groups is 1. The van der Waals surface area contributed by atoms with Gasteiger partial charge < -0.3 is 9.47 Å². The van der Waals surface area contributed by atoms with Gasteiger partial charge >= 0.3 is 0 Å². The second-order valence-corrected chi connectivity index (χ2v) is 5.96. The number of rotatable bonds is 9. The first-order valence-electron chi connectivity index (χ1n) is 8.58. The van der Waals surface area contributed by atoms with Crippen LogP contribution in [0.15, 0.2) is 34.1 Å². The van der Waals surface area contributed by atoms with Crippen molar-refractivity contribution >= 4 is 11.4 Å². The summed E-state index contributed by atoms with van der Waals surface area (Å²) in [5.74, 6) is 0. The molecule has 1 heterocycles. The number of hydrogen-bond acceptors (Lipinski definition) is 6. The molecule has 0 bridgehead atoms. The highest BCUT2D eigenvalue weighted by atomic mass is 16.7. The standard InChI is InChI=1S/C18H24N4O5/c1-5-6-15-17(12(2)19-11-16(26-3)27-4)18(23)21(20-15)13-7-9-14(10-8-13)22(24)25/h7-10,16,20H,5-6,11H2,1-4H3. The van der Waals surface area contributed by atoms with E-state index in [1.807, 2.05) is 6.92 Å². The topological polar surface area (TPSA) is 112 Å². The van der Waals surface area contributed by atoms with Crippen molar-refractivity contribution in [1.82, 2.24) is 9.78 Å². The summed E-state index contributed by atoms with van der Waals surface area (Å²) in [5.41, 5.74) is 2.10. The number of non-ortho nitro benzene ring substituents is 1. The van der Waals surface area contributed by atoms with Gasteiger partial charge in [0.15, 0.2) is 6.29 Å². The maximum atomic E-state index is 13.0. The quantitative estimate of drug-likeness (QED) is 0.313. The number of nitro benzene ring substituents is 1. The first kappa shape index (κ1) is 20.5. The molecule has 1 N–H and O–H groups in total. The number of benzene rings is 1. The molecule has 27 heavy (non-hydrogen) atoms. The average molecular weight is 376 g/mol. The van der Waals surface area contributed by atoms with Gasteiger partial charge in [0.25, 0.3) is 11.2 Å². The van der Waals surface area contributed by atoms with Crippen LogP contribution < -0.4 is 5.56 Å². The number of aliphatic imine (C=N–C) groups is 1. The van der Waals surface area contributed by atoms with Gasteiger partial charge in [0.2, 0.25) is 0 Å². The van der Waals surface area contributed by atoms with Crippen molar-refractivity contribution in [2.75, 3.05) is 20.8 Å². The van der Waals surface area contributed by atoms with E-state index in [0.29, 0.717) is 23.4 Å². The van der Waals surface area contributed by atoms with Crippen LogP contribution in [0.4, 0.5) is 5.69 Å². The number of methoxy groups -OCH3 is 2. The molecule has 0 amide bonds. The summed E-state index contributed by atoms with van der Waals surface area (Å²) in [5, 5.41) is 13.9. The Labute approximate surface area is 156 Å². The van der Waals surface area contributed by atoms with Gasteiger partial charge in [-0.3, -0.25) is 25.0 Å². The summed E-state index contributed by atoms with van der Waals surface area (Å²) < 4.78 is 11.6. The Balaban J connectivity index is 2.45. The van der Waals surface area contributed by atoms with Gasteiger partial charge in [-0.1, -0.05) is 13.3 Å². The smallest absolute Gasteiger partial charge is 0.280 e. The lowest BCUT2D eigenvalue weighted by molar-refractivity contribution is -0.384. The Hall–Kier alpha value is -2.78. The van der Waals surface area contributed by atoms with Crippen molar-refractivity contribution in [3.8, 4) is 5.69 Å². The fourth-order valence-corrected chi connectivity index (χ4v) is 2.73. The monoisotopic (exact) mass is 376 g/mol. The fraction of sp³-hybridized carbons (Fsp3) is 0.444. The van der Waals surface area contributed by atoms with Crippen LogP contribution in [0.25, 0.3) is 5.69 Å². The van der Waals surface area contributed by atoms with Crippen LogP contribution in [-0.2, 0) is 15.9 Å². The number of aromatic amines is 1. The van der Waals surface area contributed by atoms with Crippen LogP contribution >= 0.6 is 0 Å². The number of nitrogens with zero attached hydrogens (tertiary/aromatic N) is 3. The lowest BCUT2D eigenvalue weighted by Gasteiger charge is -2.10. The zero-order chi connectivity index (χ0) is 20.0. The maximum absolute atomic E-state index is 13.0. The van der Waals surface area contributed by atoms with Gasteiger partial charge in [0.05, 0.1) is 22.7 Å². The molecule has 0 aliphatic rings. The third-order valence-electron chi connectivity index (χ3n) is 4.15. The van der Waals surface area contributed by atoms with Crippen LogP contribution in [0.1, 0.15) is 31.5 Å². The third kappa shape index (κ3) is 4.69. The highest BCUT2D eigenvalue weighted by Gasteiger charge is 2.18. The lowest BCUT2D eigenvalue weighted by Crippen LogP contribution is -2.22. The SMILES string of the molecule is CCCc1[nH]n(-c2ccc([N+](=O)[O-])cc2)c(=O)c1C(C)=NCC(OC)OC. The van der Waals surface area contributed by atoms with E-state index in [4.69, 9.17) is 9.47 Å². The molecule has 0 saturated heterocycles.